The number of hydrogen-bond donors (Lipinski definition) is 1. The molecule has 0 bridgehead atoms. The first-order chi connectivity index (χ1) is 14.2. The highest BCUT2D eigenvalue weighted by Gasteiger charge is 2.35. The first kappa shape index (κ1) is 19.6. The summed E-state index contributed by atoms with van der Waals surface area (Å²) in [5, 5.41) is 9.81. The number of carbonyl (C=O) groups excluding carboxylic acids is 1. The lowest BCUT2D eigenvalue weighted by molar-refractivity contribution is -0.150. The van der Waals surface area contributed by atoms with Gasteiger partial charge in [0.05, 0.1) is 30.3 Å². The van der Waals surface area contributed by atoms with Crippen LogP contribution in [0.1, 0.15) is 30.8 Å². The van der Waals surface area contributed by atoms with E-state index in [1.54, 1.807) is 0 Å². The Morgan fingerprint density at radius 3 is 2.69 bits per heavy atom. The topological polar surface area (TPSA) is 67.6 Å². The van der Waals surface area contributed by atoms with Crippen molar-refractivity contribution in [2.24, 2.45) is 0 Å². The molecule has 1 fully saturated rings. The highest BCUT2D eigenvalue weighted by Crippen LogP contribution is 2.30. The fourth-order valence-corrected chi connectivity index (χ4v) is 4.21. The van der Waals surface area contributed by atoms with Gasteiger partial charge in [0, 0.05) is 25.9 Å². The van der Waals surface area contributed by atoms with E-state index in [9.17, 15) is 9.90 Å². The van der Waals surface area contributed by atoms with Crippen molar-refractivity contribution in [1.82, 2.24) is 14.5 Å². The van der Waals surface area contributed by atoms with Crippen LogP contribution in [0.4, 0.5) is 0 Å². The number of rotatable bonds is 6. The van der Waals surface area contributed by atoms with E-state index in [2.05, 4.69) is 17.6 Å². The summed E-state index contributed by atoms with van der Waals surface area (Å²) in [6.07, 6.45) is 0.796. The molecule has 1 aliphatic heterocycles. The molecule has 29 heavy (non-hydrogen) atoms. The monoisotopic (exact) mass is 393 g/mol. The molecule has 6 heteroatoms. The Kier molecular flexibility index (Phi) is 5.92. The summed E-state index contributed by atoms with van der Waals surface area (Å²) >= 11 is 0. The lowest BCUT2D eigenvalue weighted by Crippen LogP contribution is -2.49. The Hall–Kier alpha value is -2.70. The van der Waals surface area contributed by atoms with Crippen molar-refractivity contribution in [2.75, 3.05) is 19.8 Å². The minimum absolute atomic E-state index is 0.0698. The number of imidazole rings is 1. The van der Waals surface area contributed by atoms with Crippen molar-refractivity contribution < 1.29 is 14.6 Å². The molecule has 0 radical (unpaired) electrons. The fourth-order valence-electron chi connectivity index (χ4n) is 4.21. The van der Waals surface area contributed by atoms with Gasteiger partial charge in [-0.3, -0.25) is 4.79 Å². The molecule has 2 atom stereocenters. The maximum Gasteiger partial charge on any atom is 0.225 e. The second-order valence-corrected chi connectivity index (χ2v) is 7.31. The molecule has 2 heterocycles. The number of aryl methyl sites for hydroxylation is 2. The molecule has 1 N–H and O–H groups in total. The first-order valence-electron chi connectivity index (χ1n) is 10.2. The molecule has 0 unspecified atom stereocenters. The Balaban J connectivity index is 1.56. The molecule has 0 aliphatic carbocycles. The molecule has 1 amide bonds. The highest BCUT2D eigenvalue weighted by molar-refractivity contribution is 5.78. The molecule has 1 aromatic heterocycles. The van der Waals surface area contributed by atoms with Gasteiger partial charge in [-0.15, -0.1) is 0 Å². The van der Waals surface area contributed by atoms with E-state index in [4.69, 9.17) is 9.72 Å². The molecule has 6 nitrogen and oxygen atoms in total. The van der Waals surface area contributed by atoms with Crippen molar-refractivity contribution in [3.05, 3.63) is 66.0 Å². The second-order valence-electron chi connectivity index (χ2n) is 7.31. The third kappa shape index (κ3) is 3.91. The standard InChI is InChI=1S/C23H27N3O3/c1-2-21-24-18-10-6-7-11-19(18)25(21)13-12-22(28)26-14-15-29-20(16-27)23(26)17-8-4-3-5-9-17/h3-11,20,23,27H,2,12-16H2,1H3/t20-,23-/m1/s1. The minimum atomic E-state index is -0.407. The fraction of sp³-hybridized carbons (Fsp3) is 0.391. The molecule has 1 aliphatic rings. The molecule has 3 aromatic rings. The third-order valence-electron chi connectivity index (χ3n) is 5.59. The van der Waals surface area contributed by atoms with Crippen molar-refractivity contribution in [1.29, 1.82) is 0 Å². The number of para-hydroxylation sites is 2. The number of nitrogens with zero attached hydrogens (tertiary/aromatic N) is 3. The number of amides is 1. The second kappa shape index (κ2) is 8.76. The van der Waals surface area contributed by atoms with Gasteiger partial charge in [-0.1, -0.05) is 49.4 Å². The molecular weight excluding hydrogens is 366 g/mol. The van der Waals surface area contributed by atoms with E-state index in [0.29, 0.717) is 26.1 Å². The molecule has 4 rings (SSSR count). The van der Waals surface area contributed by atoms with Crippen LogP contribution in [-0.4, -0.2) is 51.3 Å². The summed E-state index contributed by atoms with van der Waals surface area (Å²) in [5.41, 5.74) is 3.01. The lowest BCUT2D eigenvalue weighted by atomic mass is 9.98. The van der Waals surface area contributed by atoms with Crippen LogP contribution in [-0.2, 0) is 22.5 Å². The van der Waals surface area contributed by atoms with Crippen molar-refractivity contribution >= 4 is 16.9 Å². The smallest absolute Gasteiger partial charge is 0.225 e. The predicted octanol–water partition coefficient (Wildman–Crippen LogP) is 2.95. The average molecular weight is 393 g/mol. The highest BCUT2D eigenvalue weighted by atomic mass is 16.5. The van der Waals surface area contributed by atoms with Crippen LogP contribution in [0.3, 0.4) is 0 Å². The Morgan fingerprint density at radius 1 is 1.17 bits per heavy atom. The van der Waals surface area contributed by atoms with Gasteiger partial charge in [0.15, 0.2) is 0 Å². The van der Waals surface area contributed by atoms with E-state index in [-0.39, 0.29) is 18.6 Å². The number of benzene rings is 2. The van der Waals surface area contributed by atoms with Crippen molar-refractivity contribution in [3.63, 3.8) is 0 Å². The summed E-state index contributed by atoms with van der Waals surface area (Å²) in [7, 11) is 0. The quantitative estimate of drug-likeness (QED) is 0.699. The Morgan fingerprint density at radius 2 is 1.93 bits per heavy atom. The Labute approximate surface area is 170 Å². The number of aromatic nitrogens is 2. The maximum atomic E-state index is 13.2. The van der Waals surface area contributed by atoms with E-state index in [1.165, 1.54) is 0 Å². The van der Waals surface area contributed by atoms with Gasteiger partial charge >= 0.3 is 0 Å². The molecule has 0 spiro atoms. The van der Waals surface area contributed by atoms with Crippen LogP contribution in [0.25, 0.3) is 11.0 Å². The van der Waals surface area contributed by atoms with E-state index in [0.717, 1.165) is 28.8 Å². The van der Waals surface area contributed by atoms with Crippen LogP contribution in [0, 0.1) is 0 Å². The zero-order valence-electron chi connectivity index (χ0n) is 16.7. The summed E-state index contributed by atoms with van der Waals surface area (Å²) in [4.78, 5) is 19.8. The number of hydrogen-bond acceptors (Lipinski definition) is 4. The zero-order valence-corrected chi connectivity index (χ0v) is 16.7. The van der Waals surface area contributed by atoms with Crippen molar-refractivity contribution in [2.45, 2.75) is 38.5 Å². The van der Waals surface area contributed by atoms with Gasteiger partial charge in [-0.25, -0.2) is 4.98 Å². The van der Waals surface area contributed by atoms with Gasteiger partial charge in [-0.2, -0.15) is 0 Å². The summed E-state index contributed by atoms with van der Waals surface area (Å²) < 4.78 is 7.91. The Bertz CT molecular complexity index is 970. The van der Waals surface area contributed by atoms with Gasteiger partial charge < -0.3 is 19.3 Å². The van der Waals surface area contributed by atoms with E-state index >= 15 is 0 Å². The first-order valence-corrected chi connectivity index (χ1v) is 10.2. The summed E-state index contributed by atoms with van der Waals surface area (Å²) in [6, 6.07) is 17.6. The molecule has 152 valence electrons. The minimum Gasteiger partial charge on any atom is -0.394 e. The number of fused-ring (bicyclic) bond motifs is 1. The predicted molar refractivity (Wildman–Crippen MR) is 111 cm³/mol. The zero-order chi connectivity index (χ0) is 20.2. The van der Waals surface area contributed by atoms with Crippen LogP contribution in [0.2, 0.25) is 0 Å². The van der Waals surface area contributed by atoms with Crippen LogP contribution >= 0.6 is 0 Å². The van der Waals surface area contributed by atoms with Crippen molar-refractivity contribution in [3.8, 4) is 0 Å². The molecular formula is C23H27N3O3. The van der Waals surface area contributed by atoms with E-state index < -0.39 is 6.10 Å². The number of morpholine rings is 1. The number of ether oxygens (including phenoxy) is 1. The largest absolute Gasteiger partial charge is 0.394 e. The van der Waals surface area contributed by atoms with Gasteiger partial charge in [-0.05, 0) is 17.7 Å². The normalized spacial score (nSPS) is 19.6. The maximum absolute atomic E-state index is 13.2. The number of aliphatic hydroxyl groups is 1. The number of aliphatic hydroxyl groups excluding tert-OH is 1. The SMILES string of the molecule is CCc1nc2ccccc2n1CCC(=O)N1CCO[C@H](CO)[C@H]1c1ccccc1. The van der Waals surface area contributed by atoms with Crippen LogP contribution in [0.5, 0.6) is 0 Å². The molecule has 1 saturated heterocycles. The van der Waals surface area contributed by atoms with E-state index in [1.807, 2.05) is 53.4 Å². The molecule has 2 aromatic carbocycles. The van der Waals surface area contributed by atoms with Crippen LogP contribution < -0.4 is 0 Å². The lowest BCUT2D eigenvalue weighted by Gasteiger charge is -2.41. The molecule has 0 saturated carbocycles. The van der Waals surface area contributed by atoms with Crippen LogP contribution in [0.15, 0.2) is 54.6 Å². The summed E-state index contributed by atoms with van der Waals surface area (Å²) in [6.45, 7) is 3.52. The van der Waals surface area contributed by atoms with Gasteiger partial charge in [0.25, 0.3) is 0 Å². The van der Waals surface area contributed by atoms with Gasteiger partial charge in [0.1, 0.15) is 11.9 Å². The third-order valence-corrected chi connectivity index (χ3v) is 5.59. The summed E-state index contributed by atoms with van der Waals surface area (Å²) in [5.74, 6) is 1.06. The average Bonchev–Trinajstić information content (AvgIpc) is 3.15. The number of carbonyl (C=O) groups is 1. The van der Waals surface area contributed by atoms with Gasteiger partial charge in [0.2, 0.25) is 5.91 Å².